The van der Waals surface area contributed by atoms with E-state index in [0.717, 1.165) is 53.8 Å². The van der Waals surface area contributed by atoms with Gasteiger partial charge in [-0.05, 0) is 50.2 Å². The van der Waals surface area contributed by atoms with Gasteiger partial charge in [-0.25, -0.2) is 0 Å². The number of ether oxygens (including phenoxy) is 1. The molecule has 0 bridgehead atoms. The van der Waals surface area contributed by atoms with Gasteiger partial charge in [0.15, 0.2) is 0 Å². The number of carbonyl (C=O) groups is 1. The molecule has 1 amide bonds. The first-order valence-electron chi connectivity index (χ1n) is 10.5. The Hall–Kier alpha value is -3.32. The zero-order valence-electron chi connectivity index (χ0n) is 18.2. The number of amides is 1. The van der Waals surface area contributed by atoms with Crippen molar-refractivity contribution in [1.82, 2.24) is 15.0 Å². The lowest BCUT2D eigenvalue weighted by Crippen LogP contribution is -2.48. The summed E-state index contributed by atoms with van der Waals surface area (Å²) in [4.78, 5) is 17.5. The number of benzene rings is 2. The number of nitrogens with zero attached hydrogens (tertiary/aromatic N) is 3. The van der Waals surface area contributed by atoms with E-state index >= 15 is 0 Å². The van der Waals surface area contributed by atoms with Crippen molar-refractivity contribution in [3.05, 3.63) is 71.1 Å². The fourth-order valence-corrected chi connectivity index (χ4v) is 3.84. The van der Waals surface area contributed by atoms with Gasteiger partial charge in [-0.1, -0.05) is 17.3 Å². The molecule has 0 atom stereocenters. The zero-order chi connectivity index (χ0) is 21.8. The van der Waals surface area contributed by atoms with Crippen LogP contribution in [0, 0.1) is 13.8 Å². The fourth-order valence-electron chi connectivity index (χ4n) is 3.84. The molecule has 1 aliphatic heterocycles. The summed E-state index contributed by atoms with van der Waals surface area (Å²) in [7, 11) is 1.64. The molecule has 0 unspecified atom stereocenters. The van der Waals surface area contributed by atoms with Crippen LogP contribution in [0.5, 0.6) is 5.75 Å². The van der Waals surface area contributed by atoms with E-state index in [1.807, 2.05) is 67.3 Å². The Morgan fingerprint density at radius 2 is 1.77 bits per heavy atom. The van der Waals surface area contributed by atoms with Crippen LogP contribution in [0.2, 0.25) is 0 Å². The van der Waals surface area contributed by atoms with Gasteiger partial charge in [0.25, 0.3) is 5.91 Å². The highest BCUT2D eigenvalue weighted by Crippen LogP contribution is 2.25. The molecule has 2 heterocycles. The zero-order valence-corrected chi connectivity index (χ0v) is 18.2. The van der Waals surface area contributed by atoms with Gasteiger partial charge in [-0.2, -0.15) is 0 Å². The lowest BCUT2D eigenvalue weighted by molar-refractivity contribution is 0.0628. The fraction of sp³-hybridized carbons (Fsp3) is 0.333. The topological polar surface area (TPSA) is 70.8 Å². The number of nitrogens with one attached hydrogen (secondary N) is 1. The summed E-state index contributed by atoms with van der Waals surface area (Å²) in [5.41, 5.74) is 4.47. The van der Waals surface area contributed by atoms with Gasteiger partial charge in [0.05, 0.1) is 24.1 Å². The minimum atomic E-state index is 0.0496. The van der Waals surface area contributed by atoms with E-state index in [0.29, 0.717) is 18.7 Å². The molecule has 1 saturated heterocycles. The number of hydrogen-bond donors (Lipinski definition) is 1. The Morgan fingerprint density at radius 3 is 2.42 bits per heavy atom. The van der Waals surface area contributed by atoms with Crippen molar-refractivity contribution in [2.75, 3.05) is 38.6 Å². The smallest absolute Gasteiger partial charge is 0.256 e. The third-order valence-corrected chi connectivity index (χ3v) is 5.75. The number of carbonyl (C=O) groups excluding carboxylic acids is 1. The van der Waals surface area contributed by atoms with Crippen LogP contribution in [0.3, 0.4) is 0 Å². The van der Waals surface area contributed by atoms with Crippen LogP contribution in [-0.2, 0) is 6.54 Å². The van der Waals surface area contributed by atoms with E-state index in [-0.39, 0.29) is 5.91 Å². The second kappa shape index (κ2) is 9.22. The first-order chi connectivity index (χ1) is 15.0. The van der Waals surface area contributed by atoms with Crippen LogP contribution >= 0.6 is 0 Å². The van der Waals surface area contributed by atoms with Gasteiger partial charge in [0, 0.05) is 44.0 Å². The summed E-state index contributed by atoms with van der Waals surface area (Å²) in [6.07, 6.45) is 0. The predicted octanol–water partition coefficient (Wildman–Crippen LogP) is 4.00. The predicted molar refractivity (Wildman–Crippen MR) is 120 cm³/mol. The van der Waals surface area contributed by atoms with Crippen molar-refractivity contribution in [2.45, 2.75) is 20.4 Å². The van der Waals surface area contributed by atoms with Crippen molar-refractivity contribution in [1.29, 1.82) is 0 Å². The molecule has 162 valence electrons. The number of rotatable bonds is 6. The third kappa shape index (κ3) is 4.72. The second-order valence-corrected chi connectivity index (χ2v) is 7.77. The van der Waals surface area contributed by atoms with Gasteiger partial charge >= 0.3 is 0 Å². The van der Waals surface area contributed by atoms with Crippen LogP contribution in [0.15, 0.2) is 53.1 Å². The molecular formula is C24H28N4O3. The van der Waals surface area contributed by atoms with Gasteiger partial charge in [-0.3, -0.25) is 9.69 Å². The highest BCUT2D eigenvalue weighted by Gasteiger charge is 2.25. The van der Waals surface area contributed by atoms with Crippen molar-refractivity contribution in [2.24, 2.45) is 0 Å². The Kier molecular flexibility index (Phi) is 6.23. The molecular weight excluding hydrogens is 392 g/mol. The average molecular weight is 421 g/mol. The maximum Gasteiger partial charge on any atom is 0.256 e. The standard InChI is InChI=1S/C24H28N4O3/c1-17-22(18(2)31-26-17)16-27-12-14-28(15-13-27)24(29)21-6-4-5-7-23(21)25-19-8-10-20(30-3)11-9-19/h4-11,25H,12-16H2,1-3H3. The molecule has 1 N–H and O–H groups in total. The van der Waals surface area contributed by atoms with Gasteiger partial charge < -0.3 is 19.5 Å². The molecule has 31 heavy (non-hydrogen) atoms. The van der Waals surface area contributed by atoms with E-state index in [4.69, 9.17) is 9.26 Å². The number of methoxy groups -OCH3 is 1. The molecule has 4 rings (SSSR count). The summed E-state index contributed by atoms with van der Waals surface area (Å²) in [5, 5.41) is 7.40. The van der Waals surface area contributed by atoms with Crippen LogP contribution in [0.25, 0.3) is 0 Å². The summed E-state index contributed by atoms with van der Waals surface area (Å²) < 4.78 is 10.5. The van der Waals surface area contributed by atoms with Crippen LogP contribution in [0.1, 0.15) is 27.4 Å². The lowest BCUT2D eigenvalue weighted by Gasteiger charge is -2.35. The molecule has 1 aliphatic rings. The van der Waals surface area contributed by atoms with Crippen LogP contribution in [0.4, 0.5) is 11.4 Å². The Morgan fingerprint density at radius 1 is 1.06 bits per heavy atom. The normalized spacial score (nSPS) is 14.5. The molecule has 7 heteroatoms. The van der Waals surface area contributed by atoms with Crippen molar-refractivity contribution in [3.63, 3.8) is 0 Å². The maximum atomic E-state index is 13.3. The molecule has 7 nitrogen and oxygen atoms in total. The van der Waals surface area contributed by atoms with Crippen LogP contribution < -0.4 is 10.1 Å². The van der Waals surface area contributed by atoms with Crippen molar-refractivity contribution >= 4 is 17.3 Å². The number of anilines is 2. The first kappa shape index (κ1) is 20.9. The second-order valence-electron chi connectivity index (χ2n) is 7.77. The quantitative estimate of drug-likeness (QED) is 0.650. The average Bonchev–Trinajstić information content (AvgIpc) is 3.12. The highest BCUT2D eigenvalue weighted by molar-refractivity contribution is 6.00. The van der Waals surface area contributed by atoms with E-state index in [1.165, 1.54) is 0 Å². The van der Waals surface area contributed by atoms with Gasteiger partial charge in [0.2, 0.25) is 0 Å². The minimum absolute atomic E-state index is 0.0496. The largest absolute Gasteiger partial charge is 0.497 e. The van der Waals surface area contributed by atoms with E-state index in [2.05, 4.69) is 15.4 Å². The molecule has 0 spiro atoms. The van der Waals surface area contributed by atoms with Crippen molar-refractivity contribution in [3.8, 4) is 5.75 Å². The number of aryl methyl sites for hydroxylation is 2. The SMILES string of the molecule is COc1ccc(Nc2ccccc2C(=O)N2CCN(Cc3c(C)noc3C)CC2)cc1. The van der Waals surface area contributed by atoms with Crippen molar-refractivity contribution < 1.29 is 14.1 Å². The minimum Gasteiger partial charge on any atom is -0.497 e. The molecule has 3 aromatic rings. The lowest BCUT2D eigenvalue weighted by atomic mass is 10.1. The third-order valence-electron chi connectivity index (χ3n) is 5.75. The maximum absolute atomic E-state index is 13.3. The Balaban J connectivity index is 1.41. The highest BCUT2D eigenvalue weighted by atomic mass is 16.5. The Bertz CT molecular complexity index is 1020. The number of piperazine rings is 1. The molecule has 0 saturated carbocycles. The molecule has 1 fully saturated rings. The Labute approximate surface area is 182 Å². The van der Waals surface area contributed by atoms with E-state index in [1.54, 1.807) is 7.11 Å². The number of aromatic nitrogens is 1. The molecule has 0 radical (unpaired) electrons. The summed E-state index contributed by atoms with van der Waals surface area (Å²) in [6.45, 7) is 7.75. The van der Waals surface area contributed by atoms with Gasteiger partial charge in [-0.15, -0.1) is 0 Å². The van der Waals surface area contributed by atoms with Gasteiger partial charge in [0.1, 0.15) is 11.5 Å². The van der Waals surface area contributed by atoms with E-state index in [9.17, 15) is 4.79 Å². The van der Waals surface area contributed by atoms with E-state index < -0.39 is 0 Å². The number of hydrogen-bond acceptors (Lipinski definition) is 6. The molecule has 1 aromatic heterocycles. The summed E-state index contributed by atoms with van der Waals surface area (Å²) >= 11 is 0. The molecule has 2 aromatic carbocycles. The summed E-state index contributed by atoms with van der Waals surface area (Å²) in [6, 6.07) is 15.3. The first-order valence-corrected chi connectivity index (χ1v) is 10.5. The summed E-state index contributed by atoms with van der Waals surface area (Å²) in [5.74, 6) is 1.72. The van der Waals surface area contributed by atoms with Crippen LogP contribution in [-0.4, -0.2) is 54.2 Å². The number of para-hydroxylation sites is 1. The monoisotopic (exact) mass is 420 g/mol. The molecule has 0 aliphatic carbocycles.